The van der Waals surface area contributed by atoms with Gasteiger partial charge in [-0.1, -0.05) is 60.7 Å². The molecule has 0 aromatic heterocycles. The first kappa shape index (κ1) is 23.8. The van der Waals surface area contributed by atoms with E-state index in [-0.39, 0.29) is 0 Å². The number of hydrogen-bond donors (Lipinski definition) is 0. The minimum absolute atomic E-state index is 0.301. The molecule has 2 aromatic rings. The third-order valence-electron chi connectivity index (χ3n) is 4.76. The minimum Gasteiger partial charge on any atom is -0.374 e. The molecule has 168 valence electrons. The van der Waals surface area contributed by atoms with Gasteiger partial charge >= 0.3 is 0 Å². The minimum atomic E-state index is -1.46. The second-order valence-electron chi connectivity index (χ2n) is 8.34. The molecule has 0 spiro atoms. The number of methoxy groups -OCH3 is 1. The lowest BCUT2D eigenvalue weighted by atomic mass is 10.1. The predicted molar refractivity (Wildman–Crippen MR) is 122 cm³/mol. The molecule has 1 aliphatic rings. The molecule has 3 rings (SSSR count). The Morgan fingerprint density at radius 3 is 2.10 bits per heavy atom. The number of ether oxygens (including phenoxy) is 4. The summed E-state index contributed by atoms with van der Waals surface area (Å²) in [4.78, 5) is 0. The zero-order valence-electron chi connectivity index (χ0n) is 18.5. The Morgan fingerprint density at radius 1 is 0.968 bits per heavy atom. The first-order chi connectivity index (χ1) is 14.9. The van der Waals surface area contributed by atoms with Gasteiger partial charge in [0.25, 0.3) is 0 Å². The Hall–Kier alpha value is -1.90. The summed E-state index contributed by atoms with van der Waals surface area (Å²) in [6, 6.07) is 19.8. The van der Waals surface area contributed by atoms with Crippen molar-refractivity contribution in [2.75, 3.05) is 13.7 Å². The van der Waals surface area contributed by atoms with Crippen molar-refractivity contribution in [3.8, 4) is 0 Å². The first-order valence-electron chi connectivity index (χ1n) is 10.3. The fourth-order valence-electron chi connectivity index (χ4n) is 3.08. The van der Waals surface area contributed by atoms with E-state index in [9.17, 15) is 4.21 Å². The summed E-state index contributed by atoms with van der Waals surface area (Å²) in [5, 5.41) is 0. The average Bonchev–Trinajstić information content (AvgIpc) is 3.09. The van der Waals surface area contributed by atoms with E-state index >= 15 is 0 Å². The molecule has 0 bridgehead atoms. The van der Waals surface area contributed by atoms with E-state index in [0.717, 1.165) is 11.1 Å². The Kier molecular flexibility index (Phi) is 8.51. The van der Waals surface area contributed by atoms with E-state index in [1.54, 1.807) is 7.11 Å². The fraction of sp³-hybridized carbons (Fsp3) is 0.458. The largest absolute Gasteiger partial charge is 0.374 e. The van der Waals surface area contributed by atoms with E-state index in [4.69, 9.17) is 18.9 Å². The van der Waals surface area contributed by atoms with Crippen LogP contribution in [0.5, 0.6) is 0 Å². The van der Waals surface area contributed by atoms with Gasteiger partial charge in [0.2, 0.25) is 6.29 Å². The third-order valence-corrected chi connectivity index (χ3v) is 6.19. The smallest absolute Gasteiger partial charge is 0.200 e. The van der Waals surface area contributed by atoms with Crippen molar-refractivity contribution in [3.63, 3.8) is 0 Å². The lowest BCUT2D eigenvalue weighted by molar-refractivity contribution is -0.130. The Morgan fingerprint density at radius 2 is 1.55 bits per heavy atom. The molecule has 6 nitrogen and oxygen atoms in total. The van der Waals surface area contributed by atoms with Crippen LogP contribution in [0.4, 0.5) is 0 Å². The van der Waals surface area contributed by atoms with E-state index < -0.39 is 34.2 Å². The predicted octanol–water partition coefficient (Wildman–Crippen LogP) is 4.06. The fourth-order valence-corrected chi connectivity index (χ4v) is 3.73. The molecule has 4 atom stereocenters. The quantitative estimate of drug-likeness (QED) is 0.582. The maximum absolute atomic E-state index is 12.7. The molecule has 0 saturated carbocycles. The summed E-state index contributed by atoms with van der Waals surface area (Å²) < 4.78 is 40.3. The summed E-state index contributed by atoms with van der Waals surface area (Å²) in [5.41, 5.74) is 2.61. The van der Waals surface area contributed by atoms with E-state index in [0.29, 0.717) is 25.5 Å². The van der Waals surface area contributed by atoms with Gasteiger partial charge in [-0.15, -0.1) is 0 Å². The molecule has 1 heterocycles. The van der Waals surface area contributed by atoms with Gasteiger partial charge in [-0.25, -0.2) is 4.21 Å². The van der Waals surface area contributed by atoms with E-state index in [2.05, 4.69) is 4.40 Å². The van der Waals surface area contributed by atoms with Gasteiger partial charge in [0, 0.05) is 7.11 Å². The maximum atomic E-state index is 12.7. The first-order valence-corrected chi connectivity index (χ1v) is 11.4. The molecule has 0 aliphatic carbocycles. The SMILES string of the molecule is CO[C@H]1O[C@H](COCc2ccccc2)[C@@H](OCc2ccccc2)C1=NS(=O)C(C)(C)C. The molecule has 1 aliphatic heterocycles. The normalized spacial score (nSPS) is 23.9. The lowest BCUT2D eigenvalue weighted by Gasteiger charge is -2.20. The molecular weight excluding hydrogens is 414 g/mol. The summed E-state index contributed by atoms with van der Waals surface area (Å²) >= 11 is 0. The molecule has 1 fully saturated rings. The Labute approximate surface area is 187 Å². The molecule has 2 aromatic carbocycles. The third kappa shape index (κ3) is 6.79. The number of nitrogens with zero attached hydrogens (tertiary/aromatic N) is 1. The molecule has 0 amide bonds. The van der Waals surface area contributed by atoms with Crippen LogP contribution in [0.2, 0.25) is 0 Å². The van der Waals surface area contributed by atoms with Gasteiger partial charge in [-0.3, -0.25) is 0 Å². The van der Waals surface area contributed by atoms with Crippen LogP contribution in [0.15, 0.2) is 65.1 Å². The molecule has 1 unspecified atom stereocenters. The van der Waals surface area contributed by atoms with Crippen LogP contribution >= 0.6 is 0 Å². The van der Waals surface area contributed by atoms with Crippen molar-refractivity contribution in [2.24, 2.45) is 4.40 Å². The zero-order valence-corrected chi connectivity index (χ0v) is 19.3. The van der Waals surface area contributed by atoms with E-state index in [1.165, 1.54) is 0 Å². The number of hydrogen-bond acceptors (Lipinski definition) is 5. The van der Waals surface area contributed by atoms with Crippen LogP contribution in [-0.2, 0) is 43.1 Å². The highest BCUT2D eigenvalue weighted by atomic mass is 32.2. The van der Waals surface area contributed by atoms with Crippen molar-refractivity contribution >= 4 is 16.7 Å². The number of rotatable bonds is 9. The van der Waals surface area contributed by atoms with Gasteiger partial charge in [-0.2, -0.15) is 4.40 Å². The topological polar surface area (TPSA) is 66.3 Å². The van der Waals surface area contributed by atoms with Gasteiger partial charge in [0.15, 0.2) is 0 Å². The van der Waals surface area contributed by atoms with Crippen LogP contribution in [0.25, 0.3) is 0 Å². The van der Waals surface area contributed by atoms with Gasteiger partial charge in [-0.05, 0) is 31.9 Å². The van der Waals surface area contributed by atoms with Crippen molar-refractivity contribution in [1.82, 2.24) is 0 Å². The van der Waals surface area contributed by atoms with Crippen LogP contribution in [0.1, 0.15) is 31.9 Å². The summed E-state index contributed by atoms with van der Waals surface area (Å²) in [6.07, 6.45) is -1.67. The van der Waals surface area contributed by atoms with Crippen molar-refractivity contribution in [2.45, 2.75) is 57.2 Å². The highest BCUT2D eigenvalue weighted by Crippen LogP contribution is 2.26. The summed E-state index contributed by atoms with van der Waals surface area (Å²) in [7, 11) is 0.0819. The van der Waals surface area contributed by atoms with Gasteiger partial charge in [0.05, 0.1) is 24.6 Å². The van der Waals surface area contributed by atoms with Gasteiger partial charge in [0.1, 0.15) is 28.9 Å². The summed E-state index contributed by atoms with van der Waals surface area (Å²) in [6.45, 7) is 6.78. The van der Waals surface area contributed by atoms with Crippen molar-refractivity contribution in [1.29, 1.82) is 0 Å². The second kappa shape index (κ2) is 11.1. The zero-order chi connectivity index (χ0) is 22.3. The average molecular weight is 446 g/mol. The highest BCUT2D eigenvalue weighted by Gasteiger charge is 2.44. The molecule has 0 N–H and O–H groups in total. The van der Waals surface area contributed by atoms with Crippen LogP contribution in [-0.4, -0.2) is 46.9 Å². The monoisotopic (exact) mass is 445 g/mol. The lowest BCUT2D eigenvalue weighted by Crippen LogP contribution is -2.35. The standard InChI is InChI=1S/C24H31NO5S/c1-24(2,3)31(26)25-21-22(29-16-19-13-9-6-10-14-19)20(30-23(21)27-4)17-28-15-18-11-7-5-8-12-18/h5-14,20,22-23H,15-17H2,1-4H3/t20-,22-,23+,31?/m1/s1. The molecule has 0 radical (unpaired) electrons. The molecule has 1 saturated heterocycles. The molecular formula is C24H31NO5S. The highest BCUT2D eigenvalue weighted by molar-refractivity contribution is 7.85. The second-order valence-corrected chi connectivity index (χ2v) is 10.2. The van der Waals surface area contributed by atoms with Crippen molar-refractivity contribution in [3.05, 3.63) is 71.8 Å². The van der Waals surface area contributed by atoms with Gasteiger partial charge < -0.3 is 18.9 Å². The molecule has 7 heteroatoms. The maximum Gasteiger partial charge on any atom is 0.200 e. The Balaban J connectivity index is 1.76. The summed E-state index contributed by atoms with van der Waals surface area (Å²) in [5.74, 6) is 0. The van der Waals surface area contributed by atoms with Crippen LogP contribution < -0.4 is 0 Å². The van der Waals surface area contributed by atoms with Crippen LogP contribution in [0.3, 0.4) is 0 Å². The van der Waals surface area contributed by atoms with Crippen LogP contribution in [0, 0.1) is 0 Å². The molecule has 31 heavy (non-hydrogen) atoms. The van der Waals surface area contributed by atoms with Crippen molar-refractivity contribution < 1.29 is 23.2 Å². The number of benzene rings is 2. The van der Waals surface area contributed by atoms with E-state index in [1.807, 2.05) is 81.4 Å². The Bertz CT molecular complexity index is 867.